The van der Waals surface area contributed by atoms with Crippen molar-refractivity contribution in [1.82, 2.24) is 10.0 Å². The van der Waals surface area contributed by atoms with Crippen LogP contribution in [0.4, 0.5) is 0 Å². The molecule has 0 aromatic rings. The van der Waals surface area contributed by atoms with Gasteiger partial charge in [-0.1, -0.05) is 13.3 Å². The van der Waals surface area contributed by atoms with Crippen molar-refractivity contribution >= 4 is 10.0 Å². The highest BCUT2D eigenvalue weighted by Crippen LogP contribution is 2.19. The van der Waals surface area contributed by atoms with Crippen LogP contribution < -0.4 is 10.0 Å². The van der Waals surface area contributed by atoms with Crippen molar-refractivity contribution in [1.29, 1.82) is 0 Å². The Morgan fingerprint density at radius 1 is 1.44 bits per heavy atom. The maximum Gasteiger partial charge on any atom is 0.211 e. The highest BCUT2D eigenvalue weighted by atomic mass is 32.2. The largest absolute Gasteiger partial charge is 0.371 e. The number of hydrogen-bond donors (Lipinski definition) is 2. The third kappa shape index (κ3) is 4.01. The second-order valence-electron chi connectivity index (χ2n) is 4.18. The van der Waals surface area contributed by atoms with Gasteiger partial charge in [0.2, 0.25) is 10.0 Å². The molecular formula is C10H22N2O3S. The number of rotatable bonds is 6. The van der Waals surface area contributed by atoms with Gasteiger partial charge in [-0.05, 0) is 13.3 Å². The summed E-state index contributed by atoms with van der Waals surface area (Å²) in [4.78, 5) is 0. The smallest absolute Gasteiger partial charge is 0.211 e. The van der Waals surface area contributed by atoms with E-state index in [0.717, 1.165) is 19.4 Å². The first kappa shape index (κ1) is 13.9. The van der Waals surface area contributed by atoms with E-state index in [4.69, 9.17) is 4.74 Å². The van der Waals surface area contributed by atoms with Gasteiger partial charge in [0, 0.05) is 19.6 Å². The van der Waals surface area contributed by atoms with E-state index in [1.54, 1.807) is 6.92 Å². The van der Waals surface area contributed by atoms with Crippen LogP contribution in [0.3, 0.4) is 0 Å². The fourth-order valence-electron chi connectivity index (χ4n) is 1.87. The Kier molecular flexibility index (Phi) is 5.17. The molecule has 1 aliphatic rings. The molecule has 0 spiro atoms. The van der Waals surface area contributed by atoms with Gasteiger partial charge < -0.3 is 10.1 Å². The summed E-state index contributed by atoms with van der Waals surface area (Å²) in [7, 11) is -3.13. The van der Waals surface area contributed by atoms with Crippen LogP contribution in [0.15, 0.2) is 0 Å². The van der Waals surface area contributed by atoms with Gasteiger partial charge in [-0.15, -0.1) is 0 Å². The molecule has 0 aromatic carbocycles. The van der Waals surface area contributed by atoms with Crippen molar-refractivity contribution in [2.45, 2.75) is 32.3 Å². The summed E-state index contributed by atoms with van der Waals surface area (Å²) in [6, 6.07) is 0. The van der Waals surface area contributed by atoms with E-state index < -0.39 is 10.0 Å². The van der Waals surface area contributed by atoms with Crippen molar-refractivity contribution in [3.05, 3.63) is 0 Å². The number of morpholine rings is 1. The zero-order valence-corrected chi connectivity index (χ0v) is 10.9. The topological polar surface area (TPSA) is 67.4 Å². The summed E-state index contributed by atoms with van der Waals surface area (Å²) < 4.78 is 31.2. The van der Waals surface area contributed by atoms with E-state index in [1.807, 2.05) is 0 Å². The highest BCUT2D eigenvalue weighted by molar-refractivity contribution is 7.89. The molecule has 16 heavy (non-hydrogen) atoms. The Morgan fingerprint density at radius 2 is 2.19 bits per heavy atom. The van der Waals surface area contributed by atoms with E-state index in [0.29, 0.717) is 19.7 Å². The number of hydrogen-bond acceptors (Lipinski definition) is 4. The zero-order valence-electron chi connectivity index (χ0n) is 10.1. The van der Waals surface area contributed by atoms with Crippen molar-refractivity contribution in [3.8, 4) is 0 Å². The van der Waals surface area contributed by atoms with E-state index in [-0.39, 0.29) is 11.4 Å². The van der Waals surface area contributed by atoms with Gasteiger partial charge in [0.1, 0.15) is 0 Å². The Morgan fingerprint density at radius 3 is 2.69 bits per heavy atom. The van der Waals surface area contributed by atoms with Crippen LogP contribution in [0.1, 0.15) is 26.7 Å². The second kappa shape index (κ2) is 5.95. The molecule has 0 bridgehead atoms. The minimum Gasteiger partial charge on any atom is -0.371 e. The molecule has 1 fully saturated rings. The maximum absolute atomic E-state index is 11.4. The zero-order chi connectivity index (χ0) is 12.1. The SMILES string of the molecule is CCCC1(CNS(=O)(=O)CC)CNCCO1. The van der Waals surface area contributed by atoms with Crippen LogP contribution in [0.2, 0.25) is 0 Å². The minimum absolute atomic E-state index is 0.114. The minimum atomic E-state index is -3.13. The van der Waals surface area contributed by atoms with Crippen LogP contribution >= 0.6 is 0 Å². The van der Waals surface area contributed by atoms with E-state index in [1.165, 1.54) is 0 Å². The maximum atomic E-state index is 11.4. The lowest BCUT2D eigenvalue weighted by atomic mass is 9.97. The average molecular weight is 250 g/mol. The Balaban J connectivity index is 2.57. The lowest BCUT2D eigenvalue weighted by molar-refractivity contribution is -0.0668. The first-order valence-corrected chi connectivity index (χ1v) is 7.51. The molecule has 0 saturated carbocycles. The molecule has 0 aliphatic carbocycles. The molecule has 1 atom stereocenters. The molecule has 96 valence electrons. The lowest BCUT2D eigenvalue weighted by Crippen LogP contribution is -2.56. The fraction of sp³-hybridized carbons (Fsp3) is 1.00. The molecule has 5 nitrogen and oxygen atoms in total. The quantitative estimate of drug-likeness (QED) is 0.701. The molecule has 6 heteroatoms. The fourth-order valence-corrected chi connectivity index (χ4v) is 2.56. The average Bonchev–Trinajstić information content (AvgIpc) is 2.29. The third-order valence-corrected chi connectivity index (χ3v) is 4.18. The van der Waals surface area contributed by atoms with Crippen LogP contribution in [0, 0.1) is 0 Å². The van der Waals surface area contributed by atoms with Gasteiger partial charge in [-0.25, -0.2) is 13.1 Å². The number of nitrogens with one attached hydrogen (secondary N) is 2. The summed E-state index contributed by atoms with van der Waals surface area (Å²) in [5, 5.41) is 3.25. The van der Waals surface area contributed by atoms with Gasteiger partial charge in [0.25, 0.3) is 0 Å². The van der Waals surface area contributed by atoms with Crippen LogP contribution in [0.25, 0.3) is 0 Å². The highest BCUT2D eigenvalue weighted by Gasteiger charge is 2.33. The molecule has 2 N–H and O–H groups in total. The van der Waals surface area contributed by atoms with Crippen molar-refractivity contribution < 1.29 is 13.2 Å². The van der Waals surface area contributed by atoms with Gasteiger partial charge in [-0.2, -0.15) is 0 Å². The molecule has 1 saturated heterocycles. The molecule has 0 radical (unpaired) electrons. The summed E-state index contributed by atoms with van der Waals surface area (Å²) in [6.07, 6.45) is 1.85. The van der Waals surface area contributed by atoms with Gasteiger partial charge in [0.05, 0.1) is 18.0 Å². The number of ether oxygens (including phenoxy) is 1. The monoisotopic (exact) mass is 250 g/mol. The van der Waals surface area contributed by atoms with Crippen LogP contribution in [0.5, 0.6) is 0 Å². The molecule has 1 aliphatic heterocycles. The summed E-state index contributed by atoms with van der Waals surface area (Å²) >= 11 is 0. The first-order valence-electron chi connectivity index (χ1n) is 5.85. The summed E-state index contributed by atoms with van der Waals surface area (Å²) in [5.74, 6) is 0.114. The van der Waals surface area contributed by atoms with Crippen molar-refractivity contribution in [3.63, 3.8) is 0 Å². The molecule has 1 rings (SSSR count). The van der Waals surface area contributed by atoms with E-state index in [9.17, 15) is 8.42 Å². The Bertz CT molecular complexity index is 292. The second-order valence-corrected chi connectivity index (χ2v) is 6.28. The molecule has 1 unspecified atom stereocenters. The van der Waals surface area contributed by atoms with Gasteiger partial charge in [0.15, 0.2) is 0 Å². The standard InChI is InChI=1S/C10H22N2O3S/c1-3-5-10(8-11-6-7-15-10)9-12-16(13,14)4-2/h11-12H,3-9H2,1-2H3. The van der Waals surface area contributed by atoms with Crippen LogP contribution in [-0.2, 0) is 14.8 Å². The predicted octanol–water partition coefficient (Wildman–Crippen LogP) is 0.0844. The van der Waals surface area contributed by atoms with Crippen molar-refractivity contribution in [2.24, 2.45) is 0 Å². The predicted molar refractivity (Wildman–Crippen MR) is 63.9 cm³/mol. The first-order chi connectivity index (χ1) is 7.54. The lowest BCUT2D eigenvalue weighted by Gasteiger charge is -2.37. The molecule has 0 amide bonds. The molecular weight excluding hydrogens is 228 g/mol. The Labute approximate surface area is 98.0 Å². The number of sulfonamides is 1. The van der Waals surface area contributed by atoms with Gasteiger partial charge >= 0.3 is 0 Å². The Hall–Kier alpha value is -0.170. The third-order valence-electron chi connectivity index (χ3n) is 2.83. The summed E-state index contributed by atoms with van der Waals surface area (Å²) in [6.45, 7) is 6.28. The van der Waals surface area contributed by atoms with E-state index in [2.05, 4.69) is 17.0 Å². The van der Waals surface area contributed by atoms with Gasteiger partial charge in [-0.3, -0.25) is 0 Å². The van der Waals surface area contributed by atoms with Crippen molar-refractivity contribution in [2.75, 3.05) is 32.0 Å². The molecule has 0 aromatic heterocycles. The van der Waals surface area contributed by atoms with Crippen LogP contribution in [-0.4, -0.2) is 46.0 Å². The normalized spacial score (nSPS) is 26.9. The molecule has 1 heterocycles. The summed E-state index contributed by atoms with van der Waals surface area (Å²) in [5.41, 5.74) is -0.366. The van der Waals surface area contributed by atoms with E-state index >= 15 is 0 Å².